The van der Waals surface area contributed by atoms with E-state index in [2.05, 4.69) is 10.6 Å². The molecule has 2 atom stereocenters. The minimum Gasteiger partial charge on any atom is -0.444 e. The summed E-state index contributed by atoms with van der Waals surface area (Å²) in [6, 6.07) is 5.27. The molecular weight excluding hydrogens is 390 g/mol. The number of ether oxygens (including phenoxy) is 1. The van der Waals surface area contributed by atoms with Gasteiger partial charge in [0.05, 0.1) is 16.2 Å². The van der Waals surface area contributed by atoms with Crippen molar-refractivity contribution < 1.29 is 19.2 Å². The van der Waals surface area contributed by atoms with Gasteiger partial charge in [0, 0.05) is 31.3 Å². The number of nitrogens with one attached hydrogen (secondary N) is 2. The number of anilines is 1. The highest BCUT2D eigenvalue weighted by molar-refractivity contribution is 5.86. The number of nitro groups is 1. The number of rotatable bonds is 6. The van der Waals surface area contributed by atoms with Crippen molar-refractivity contribution in [2.45, 2.75) is 58.2 Å². The summed E-state index contributed by atoms with van der Waals surface area (Å²) in [4.78, 5) is 36.8. The van der Waals surface area contributed by atoms with Crippen LogP contribution in [0.15, 0.2) is 18.2 Å². The number of carbonyl (C=O) groups is 2. The Morgan fingerprint density at radius 1 is 1.43 bits per heavy atom. The molecule has 1 saturated heterocycles. The van der Waals surface area contributed by atoms with Crippen molar-refractivity contribution in [3.8, 4) is 6.07 Å². The molecule has 0 aliphatic carbocycles. The van der Waals surface area contributed by atoms with E-state index in [1.807, 2.05) is 11.0 Å². The first-order chi connectivity index (χ1) is 14.0. The fraction of sp³-hybridized carbons (Fsp3) is 0.550. The molecule has 162 valence electrons. The first-order valence-corrected chi connectivity index (χ1v) is 9.77. The number of amides is 2. The Kier molecular flexibility index (Phi) is 7.21. The van der Waals surface area contributed by atoms with Crippen LogP contribution in [0.3, 0.4) is 0 Å². The van der Waals surface area contributed by atoms with E-state index >= 15 is 0 Å². The standard InChI is InChI=1S/C20H27N5O5/c1-5-16(23-19(27)30-20(2,3)4)18(26)22-14-8-9-24(12-14)17-7-6-15(25(28)29)10-13(17)11-21/h6-7,10,14,16H,5,8-9,12H2,1-4H3,(H,22,26)(H,23,27)/t14-,16-/m0/s1. The van der Waals surface area contributed by atoms with Gasteiger partial charge in [0.15, 0.2) is 0 Å². The van der Waals surface area contributed by atoms with Crippen molar-refractivity contribution >= 4 is 23.4 Å². The molecule has 0 radical (unpaired) electrons. The summed E-state index contributed by atoms with van der Waals surface area (Å²) in [5, 5.41) is 25.8. The first kappa shape index (κ1) is 22.9. The van der Waals surface area contributed by atoms with Gasteiger partial charge in [-0.3, -0.25) is 14.9 Å². The third-order valence-electron chi connectivity index (χ3n) is 4.60. The van der Waals surface area contributed by atoms with Crippen molar-refractivity contribution in [2.75, 3.05) is 18.0 Å². The van der Waals surface area contributed by atoms with Crippen molar-refractivity contribution in [2.24, 2.45) is 0 Å². The summed E-state index contributed by atoms with van der Waals surface area (Å²) in [6.45, 7) is 8.07. The fourth-order valence-corrected chi connectivity index (χ4v) is 3.20. The normalized spacial score (nSPS) is 17.0. The second-order valence-corrected chi connectivity index (χ2v) is 8.12. The Morgan fingerprint density at radius 2 is 2.13 bits per heavy atom. The number of nitriles is 1. The molecule has 0 saturated carbocycles. The SMILES string of the molecule is CC[C@H](NC(=O)OC(C)(C)C)C(=O)N[C@H]1CCN(c2ccc([N+](=O)[O-])cc2C#N)C1. The number of hydrogen-bond donors (Lipinski definition) is 2. The Hall–Kier alpha value is -3.35. The van der Waals surface area contributed by atoms with Crippen LogP contribution in [0.25, 0.3) is 0 Å². The van der Waals surface area contributed by atoms with Gasteiger partial charge in [-0.05, 0) is 39.7 Å². The van der Waals surface area contributed by atoms with Crippen molar-refractivity contribution in [1.29, 1.82) is 5.26 Å². The molecule has 2 N–H and O–H groups in total. The predicted molar refractivity (Wildman–Crippen MR) is 110 cm³/mol. The van der Waals surface area contributed by atoms with E-state index in [0.717, 1.165) is 0 Å². The summed E-state index contributed by atoms with van der Waals surface area (Å²) in [7, 11) is 0. The average Bonchev–Trinajstić information content (AvgIpc) is 3.12. The van der Waals surface area contributed by atoms with Crippen LogP contribution in [0.2, 0.25) is 0 Å². The van der Waals surface area contributed by atoms with E-state index in [0.29, 0.717) is 31.6 Å². The number of benzene rings is 1. The lowest BCUT2D eigenvalue weighted by Gasteiger charge is -2.24. The topological polar surface area (TPSA) is 138 Å². The minimum absolute atomic E-state index is 0.140. The molecule has 2 rings (SSSR count). The molecule has 1 aromatic carbocycles. The molecule has 0 bridgehead atoms. The average molecular weight is 417 g/mol. The molecular formula is C20H27N5O5. The third-order valence-corrected chi connectivity index (χ3v) is 4.60. The molecule has 0 unspecified atom stereocenters. The second kappa shape index (κ2) is 9.43. The van der Waals surface area contributed by atoms with Gasteiger partial charge in [0.25, 0.3) is 5.69 Å². The molecule has 0 spiro atoms. The zero-order valence-corrected chi connectivity index (χ0v) is 17.6. The zero-order chi connectivity index (χ0) is 22.5. The Bertz CT molecular complexity index is 858. The highest BCUT2D eigenvalue weighted by Gasteiger charge is 2.29. The predicted octanol–water partition coefficient (Wildman–Crippen LogP) is 2.46. The number of non-ortho nitro benzene ring substituents is 1. The van der Waals surface area contributed by atoms with Crippen molar-refractivity contribution in [3.05, 3.63) is 33.9 Å². The first-order valence-electron chi connectivity index (χ1n) is 9.77. The van der Waals surface area contributed by atoms with Crippen LogP contribution in [0, 0.1) is 21.4 Å². The molecule has 30 heavy (non-hydrogen) atoms. The lowest BCUT2D eigenvalue weighted by Crippen LogP contribution is -2.50. The third kappa shape index (κ3) is 6.07. The molecule has 1 heterocycles. The maximum Gasteiger partial charge on any atom is 0.408 e. The molecule has 0 aromatic heterocycles. The zero-order valence-electron chi connectivity index (χ0n) is 17.6. The number of nitro benzene ring substituents is 1. The minimum atomic E-state index is -0.719. The Balaban J connectivity index is 1.98. The quantitative estimate of drug-likeness (QED) is 0.535. The summed E-state index contributed by atoms with van der Waals surface area (Å²) in [5.41, 5.74) is 0.0138. The number of nitrogens with zero attached hydrogens (tertiary/aromatic N) is 3. The Morgan fingerprint density at radius 3 is 2.70 bits per heavy atom. The van der Waals surface area contributed by atoms with Crippen LogP contribution in [0.4, 0.5) is 16.2 Å². The molecule has 10 nitrogen and oxygen atoms in total. The molecule has 1 aliphatic heterocycles. The molecule has 2 amide bonds. The van der Waals surface area contributed by atoms with Crippen LogP contribution in [0.1, 0.15) is 46.1 Å². The van der Waals surface area contributed by atoms with Gasteiger partial charge in [0.2, 0.25) is 5.91 Å². The lowest BCUT2D eigenvalue weighted by atomic mass is 10.1. The number of alkyl carbamates (subject to hydrolysis) is 1. The molecule has 1 aromatic rings. The van der Waals surface area contributed by atoms with Crippen LogP contribution in [-0.2, 0) is 9.53 Å². The maximum absolute atomic E-state index is 12.6. The summed E-state index contributed by atoms with van der Waals surface area (Å²) in [5.74, 6) is -0.306. The van der Waals surface area contributed by atoms with Gasteiger partial charge in [-0.15, -0.1) is 0 Å². The van der Waals surface area contributed by atoms with E-state index < -0.39 is 22.7 Å². The fourth-order valence-electron chi connectivity index (χ4n) is 3.20. The van der Waals surface area contributed by atoms with E-state index in [4.69, 9.17) is 4.74 Å². The van der Waals surface area contributed by atoms with Gasteiger partial charge in [-0.25, -0.2) is 4.79 Å². The maximum atomic E-state index is 12.6. The van der Waals surface area contributed by atoms with Gasteiger partial charge in [-0.2, -0.15) is 5.26 Å². The number of carbonyl (C=O) groups excluding carboxylic acids is 2. The lowest BCUT2D eigenvalue weighted by molar-refractivity contribution is -0.384. The molecule has 1 fully saturated rings. The summed E-state index contributed by atoms with van der Waals surface area (Å²) >= 11 is 0. The summed E-state index contributed by atoms with van der Waals surface area (Å²) < 4.78 is 5.20. The highest BCUT2D eigenvalue weighted by atomic mass is 16.6. The van der Waals surface area contributed by atoms with E-state index in [1.165, 1.54) is 12.1 Å². The van der Waals surface area contributed by atoms with Gasteiger partial charge >= 0.3 is 6.09 Å². The van der Waals surface area contributed by atoms with Gasteiger partial charge < -0.3 is 20.3 Å². The Labute approximate surface area is 175 Å². The smallest absolute Gasteiger partial charge is 0.408 e. The van der Waals surface area contributed by atoms with Crippen molar-refractivity contribution in [1.82, 2.24) is 10.6 Å². The van der Waals surface area contributed by atoms with Crippen LogP contribution < -0.4 is 15.5 Å². The van der Waals surface area contributed by atoms with E-state index in [-0.39, 0.29) is 23.2 Å². The van der Waals surface area contributed by atoms with Gasteiger partial charge in [-0.1, -0.05) is 6.92 Å². The second-order valence-electron chi connectivity index (χ2n) is 8.12. The van der Waals surface area contributed by atoms with Gasteiger partial charge in [0.1, 0.15) is 17.7 Å². The van der Waals surface area contributed by atoms with Crippen LogP contribution in [-0.4, -0.2) is 47.7 Å². The van der Waals surface area contributed by atoms with E-state index in [9.17, 15) is 25.0 Å². The van der Waals surface area contributed by atoms with E-state index in [1.54, 1.807) is 33.8 Å². The highest BCUT2D eigenvalue weighted by Crippen LogP contribution is 2.27. The van der Waals surface area contributed by atoms with Crippen molar-refractivity contribution in [3.63, 3.8) is 0 Å². The molecule has 10 heteroatoms. The van der Waals surface area contributed by atoms with Crippen LogP contribution in [0.5, 0.6) is 0 Å². The van der Waals surface area contributed by atoms with Crippen LogP contribution >= 0.6 is 0 Å². The largest absolute Gasteiger partial charge is 0.444 e. The number of hydrogen-bond acceptors (Lipinski definition) is 7. The summed E-state index contributed by atoms with van der Waals surface area (Å²) in [6.07, 6.45) is 0.404. The molecule has 1 aliphatic rings. The monoisotopic (exact) mass is 417 g/mol.